The van der Waals surface area contributed by atoms with Crippen LogP contribution in [0.5, 0.6) is 5.75 Å². The van der Waals surface area contributed by atoms with Crippen LogP contribution in [0.15, 0.2) is 48.5 Å². The maximum atomic E-state index is 12.6. The Morgan fingerprint density at radius 1 is 1.09 bits per heavy atom. The van der Waals surface area contributed by atoms with E-state index < -0.39 is 0 Å². The van der Waals surface area contributed by atoms with E-state index in [1.54, 1.807) is 0 Å². The second kappa shape index (κ2) is 12.0. The summed E-state index contributed by atoms with van der Waals surface area (Å²) < 4.78 is 8.24. The Labute approximate surface area is 203 Å². The summed E-state index contributed by atoms with van der Waals surface area (Å²) >= 11 is 0. The van der Waals surface area contributed by atoms with Crippen LogP contribution in [-0.4, -0.2) is 22.1 Å². The Bertz CT molecular complexity index is 1050. The molecule has 0 bridgehead atoms. The van der Waals surface area contributed by atoms with Gasteiger partial charge in [-0.3, -0.25) is 4.79 Å². The van der Waals surface area contributed by atoms with Crippen LogP contribution in [0, 0.1) is 5.92 Å². The van der Waals surface area contributed by atoms with Crippen molar-refractivity contribution >= 4 is 16.9 Å². The Morgan fingerprint density at radius 2 is 1.85 bits per heavy atom. The zero-order valence-corrected chi connectivity index (χ0v) is 20.8. The van der Waals surface area contributed by atoms with Gasteiger partial charge in [-0.15, -0.1) is 0 Å². The van der Waals surface area contributed by atoms with Gasteiger partial charge in [0.15, 0.2) is 0 Å². The van der Waals surface area contributed by atoms with E-state index in [-0.39, 0.29) is 11.8 Å². The number of ether oxygens (including phenoxy) is 1. The summed E-state index contributed by atoms with van der Waals surface area (Å²) in [7, 11) is 0. The molecule has 1 unspecified atom stereocenters. The second-order valence-corrected chi connectivity index (χ2v) is 9.66. The number of benzene rings is 2. The molecule has 2 aromatic carbocycles. The van der Waals surface area contributed by atoms with Crippen LogP contribution in [0.2, 0.25) is 0 Å². The highest BCUT2D eigenvalue weighted by Crippen LogP contribution is 2.24. The molecule has 0 aliphatic heterocycles. The SMILES string of the molecule is CCC(C)c1ccc(OCCCCn2c(CNC(=O)C3CCCCC3)nc3ccccc32)cc1. The van der Waals surface area contributed by atoms with Crippen molar-refractivity contribution in [3.8, 4) is 5.75 Å². The zero-order valence-electron chi connectivity index (χ0n) is 20.8. The van der Waals surface area contributed by atoms with E-state index >= 15 is 0 Å². The highest BCUT2D eigenvalue weighted by molar-refractivity contribution is 5.79. The highest BCUT2D eigenvalue weighted by atomic mass is 16.5. The number of nitrogens with zero attached hydrogens (tertiary/aromatic N) is 2. The van der Waals surface area contributed by atoms with Crippen LogP contribution in [0.3, 0.4) is 0 Å². The first kappa shape index (κ1) is 24.3. The number of amides is 1. The molecule has 1 heterocycles. The predicted molar refractivity (Wildman–Crippen MR) is 138 cm³/mol. The lowest BCUT2D eigenvalue weighted by atomic mass is 9.89. The molecule has 1 saturated carbocycles. The van der Waals surface area contributed by atoms with E-state index in [0.29, 0.717) is 19.1 Å². The molecule has 0 spiro atoms. The Hall–Kier alpha value is -2.82. The molecule has 1 atom stereocenters. The largest absolute Gasteiger partial charge is 0.494 e. The van der Waals surface area contributed by atoms with E-state index in [4.69, 9.17) is 9.72 Å². The van der Waals surface area contributed by atoms with Crippen molar-refractivity contribution in [1.82, 2.24) is 14.9 Å². The third-order valence-electron chi connectivity index (χ3n) is 7.24. The van der Waals surface area contributed by atoms with Gasteiger partial charge in [-0.25, -0.2) is 4.98 Å². The molecule has 1 N–H and O–H groups in total. The van der Waals surface area contributed by atoms with Crippen LogP contribution >= 0.6 is 0 Å². The summed E-state index contributed by atoms with van der Waals surface area (Å²) in [4.78, 5) is 17.5. The minimum Gasteiger partial charge on any atom is -0.494 e. The van der Waals surface area contributed by atoms with Crippen LogP contribution in [0.1, 0.15) is 82.5 Å². The highest BCUT2D eigenvalue weighted by Gasteiger charge is 2.21. The molecule has 0 radical (unpaired) electrons. The normalized spacial score (nSPS) is 15.4. The summed E-state index contributed by atoms with van der Waals surface area (Å²) in [5.74, 6) is 2.81. The summed E-state index contributed by atoms with van der Waals surface area (Å²) in [5, 5.41) is 3.16. The number of rotatable bonds is 11. The fraction of sp³-hybridized carbons (Fsp3) is 0.517. The van der Waals surface area contributed by atoms with Crippen LogP contribution in [-0.2, 0) is 17.9 Å². The number of para-hydroxylation sites is 2. The first-order valence-corrected chi connectivity index (χ1v) is 13.1. The van der Waals surface area contributed by atoms with Gasteiger partial charge in [0, 0.05) is 12.5 Å². The molecule has 1 amide bonds. The van der Waals surface area contributed by atoms with Gasteiger partial charge < -0.3 is 14.6 Å². The van der Waals surface area contributed by atoms with Crippen molar-refractivity contribution in [3.05, 3.63) is 59.9 Å². The van der Waals surface area contributed by atoms with E-state index in [1.165, 1.54) is 24.8 Å². The standard InChI is InChI=1S/C29H39N3O2/c1-3-22(2)23-15-17-25(18-16-23)34-20-10-9-19-32-27-14-8-7-13-26(27)31-28(32)21-30-29(33)24-11-5-4-6-12-24/h7-8,13-18,22,24H,3-6,9-12,19-21H2,1-2H3,(H,30,33). The molecule has 3 aromatic rings. The van der Waals surface area contributed by atoms with Gasteiger partial charge in [0.25, 0.3) is 0 Å². The molecular formula is C29H39N3O2. The maximum absolute atomic E-state index is 12.6. The van der Waals surface area contributed by atoms with Crippen LogP contribution in [0.4, 0.5) is 0 Å². The average molecular weight is 462 g/mol. The molecule has 5 heteroatoms. The fourth-order valence-corrected chi connectivity index (χ4v) is 4.88. The Balaban J connectivity index is 1.30. The summed E-state index contributed by atoms with van der Waals surface area (Å²) in [6, 6.07) is 16.7. The number of nitrogens with one attached hydrogen (secondary N) is 1. The molecule has 1 aliphatic rings. The van der Waals surface area contributed by atoms with Crippen molar-refractivity contribution in [2.45, 2.75) is 84.2 Å². The number of carbonyl (C=O) groups excluding carboxylic acids is 1. The molecule has 1 fully saturated rings. The van der Waals surface area contributed by atoms with Crippen molar-refractivity contribution in [3.63, 3.8) is 0 Å². The first-order chi connectivity index (χ1) is 16.7. The van der Waals surface area contributed by atoms with Crippen molar-refractivity contribution in [2.75, 3.05) is 6.61 Å². The topological polar surface area (TPSA) is 56.1 Å². The van der Waals surface area contributed by atoms with E-state index in [2.05, 4.69) is 60.1 Å². The third-order valence-corrected chi connectivity index (χ3v) is 7.24. The van der Waals surface area contributed by atoms with Gasteiger partial charge in [0.05, 0.1) is 24.2 Å². The minimum absolute atomic E-state index is 0.169. The number of aryl methyl sites for hydroxylation is 1. The van der Waals surface area contributed by atoms with Crippen molar-refractivity contribution < 1.29 is 9.53 Å². The number of unbranched alkanes of at least 4 members (excludes halogenated alkanes) is 1. The monoisotopic (exact) mass is 461 g/mol. The molecular weight excluding hydrogens is 422 g/mol. The van der Waals surface area contributed by atoms with Gasteiger partial charge in [-0.1, -0.05) is 57.4 Å². The Morgan fingerprint density at radius 3 is 2.62 bits per heavy atom. The average Bonchev–Trinajstić information content (AvgIpc) is 3.25. The van der Waals surface area contributed by atoms with Gasteiger partial charge >= 0.3 is 0 Å². The van der Waals surface area contributed by atoms with Gasteiger partial charge in [-0.2, -0.15) is 0 Å². The summed E-state index contributed by atoms with van der Waals surface area (Å²) in [6.45, 7) is 6.53. The maximum Gasteiger partial charge on any atom is 0.223 e. The lowest BCUT2D eigenvalue weighted by Crippen LogP contribution is -2.32. The summed E-state index contributed by atoms with van der Waals surface area (Å²) in [5.41, 5.74) is 3.48. The molecule has 1 aromatic heterocycles. The zero-order chi connectivity index (χ0) is 23.8. The molecule has 182 valence electrons. The lowest BCUT2D eigenvalue weighted by molar-refractivity contribution is -0.126. The third kappa shape index (κ3) is 6.19. The van der Waals surface area contributed by atoms with E-state index in [9.17, 15) is 4.79 Å². The van der Waals surface area contributed by atoms with Gasteiger partial charge in [0.1, 0.15) is 11.6 Å². The smallest absolute Gasteiger partial charge is 0.223 e. The molecule has 1 aliphatic carbocycles. The minimum atomic E-state index is 0.169. The number of hydrogen-bond donors (Lipinski definition) is 1. The predicted octanol–water partition coefficient (Wildman–Crippen LogP) is 6.61. The number of hydrogen-bond acceptors (Lipinski definition) is 3. The number of imidazole rings is 1. The summed E-state index contributed by atoms with van der Waals surface area (Å²) in [6.07, 6.45) is 8.73. The quantitative estimate of drug-likeness (QED) is 0.327. The Kier molecular flexibility index (Phi) is 8.62. The van der Waals surface area contributed by atoms with Crippen molar-refractivity contribution in [2.24, 2.45) is 5.92 Å². The molecule has 0 saturated heterocycles. The van der Waals surface area contributed by atoms with Gasteiger partial charge in [0.2, 0.25) is 5.91 Å². The van der Waals surface area contributed by atoms with E-state index in [0.717, 1.165) is 61.3 Å². The van der Waals surface area contributed by atoms with Crippen LogP contribution < -0.4 is 10.1 Å². The van der Waals surface area contributed by atoms with E-state index in [1.807, 2.05) is 12.1 Å². The number of carbonyl (C=O) groups is 1. The number of fused-ring (bicyclic) bond motifs is 1. The second-order valence-electron chi connectivity index (χ2n) is 9.66. The lowest BCUT2D eigenvalue weighted by Gasteiger charge is -2.20. The first-order valence-electron chi connectivity index (χ1n) is 13.1. The fourth-order valence-electron chi connectivity index (χ4n) is 4.88. The molecule has 34 heavy (non-hydrogen) atoms. The number of aromatic nitrogens is 2. The van der Waals surface area contributed by atoms with Crippen molar-refractivity contribution in [1.29, 1.82) is 0 Å². The molecule has 4 rings (SSSR count). The van der Waals surface area contributed by atoms with Gasteiger partial charge in [-0.05, 0) is 67.9 Å². The van der Waals surface area contributed by atoms with Crippen LogP contribution in [0.25, 0.3) is 11.0 Å². The molecule has 5 nitrogen and oxygen atoms in total.